The second-order valence-corrected chi connectivity index (χ2v) is 5.15. The van der Waals surface area contributed by atoms with E-state index < -0.39 is 0 Å². The van der Waals surface area contributed by atoms with E-state index in [-0.39, 0.29) is 18.5 Å². The van der Waals surface area contributed by atoms with Gasteiger partial charge in [-0.15, -0.1) is 0 Å². The van der Waals surface area contributed by atoms with Gasteiger partial charge in [0.2, 0.25) is 0 Å². The number of rotatable bonds is 2. The maximum Gasteiger partial charge on any atom is 0.135 e. The molecule has 0 bridgehead atoms. The van der Waals surface area contributed by atoms with E-state index in [1.807, 2.05) is 0 Å². The molecule has 1 aromatic carbocycles. The van der Waals surface area contributed by atoms with E-state index in [0.29, 0.717) is 11.3 Å². The molecule has 0 aliphatic heterocycles. The largest absolute Gasteiger partial charge is 0.489 e. The van der Waals surface area contributed by atoms with Gasteiger partial charge >= 0.3 is 0 Å². The zero-order valence-electron chi connectivity index (χ0n) is 11.3. The zero-order valence-corrected chi connectivity index (χ0v) is 11.3. The average Bonchev–Trinajstić information content (AvgIpc) is 2.41. The lowest BCUT2D eigenvalue weighted by Crippen LogP contribution is -2.23. The summed E-state index contributed by atoms with van der Waals surface area (Å²) in [5.41, 5.74) is 5.94. The summed E-state index contributed by atoms with van der Waals surface area (Å²) in [6.07, 6.45) is 4.72. The third-order valence-corrected chi connectivity index (χ3v) is 3.52. The van der Waals surface area contributed by atoms with Gasteiger partial charge in [-0.2, -0.15) is 0 Å². The van der Waals surface area contributed by atoms with Crippen LogP contribution in [0.25, 0.3) is 0 Å². The van der Waals surface area contributed by atoms with E-state index in [0.717, 1.165) is 18.8 Å². The molecule has 1 aliphatic carbocycles. The van der Waals surface area contributed by atoms with E-state index in [9.17, 15) is 4.39 Å². The molecule has 0 heterocycles. The van der Waals surface area contributed by atoms with Crippen molar-refractivity contribution in [2.24, 2.45) is 11.7 Å². The summed E-state index contributed by atoms with van der Waals surface area (Å²) >= 11 is 0. The molecule has 0 saturated heterocycles. The van der Waals surface area contributed by atoms with Gasteiger partial charge in [-0.1, -0.05) is 18.8 Å². The van der Waals surface area contributed by atoms with Crippen LogP contribution < -0.4 is 10.5 Å². The highest BCUT2D eigenvalue weighted by Gasteiger charge is 2.20. The van der Waals surface area contributed by atoms with Crippen molar-refractivity contribution in [1.82, 2.24) is 0 Å². The number of nitrogens with two attached hydrogens (primary N) is 1. The van der Waals surface area contributed by atoms with Gasteiger partial charge in [0.05, 0.1) is 18.2 Å². The molecule has 1 saturated carbocycles. The molecule has 1 aromatic rings. The first-order valence-corrected chi connectivity index (χ1v) is 6.84. The monoisotopic (exact) mass is 261 g/mol. The third kappa shape index (κ3) is 3.97. The van der Waals surface area contributed by atoms with E-state index >= 15 is 0 Å². The first kappa shape index (κ1) is 13.9. The molecule has 0 amide bonds. The van der Waals surface area contributed by atoms with Crippen molar-refractivity contribution in [3.8, 4) is 17.6 Å². The van der Waals surface area contributed by atoms with Gasteiger partial charge in [0.25, 0.3) is 0 Å². The molecule has 2 rings (SSSR count). The molecule has 2 nitrogen and oxygen atoms in total. The number of hydrogen-bond acceptors (Lipinski definition) is 2. The van der Waals surface area contributed by atoms with Gasteiger partial charge in [0, 0.05) is 0 Å². The van der Waals surface area contributed by atoms with Gasteiger partial charge in [-0.25, -0.2) is 4.39 Å². The number of ether oxygens (including phenoxy) is 1. The van der Waals surface area contributed by atoms with E-state index in [1.165, 1.54) is 25.0 Å². The van der Waals surface area contributed by atoms with Crippen molar-refractivity contribution in [3.63, 3.8) is 0 Å². The third-order valence-electron chi connectivity index (χ3n) is 3.52. The Kier molecular flexibility index (Phi) is 4.81. The zero-order chi connectivity index (χ0) is 13.7. The minimum Gasteiger partial charge on any atom is -0.489 e. The molecule has 3 heteroatoms. The average molecular weight is 261 g/mol. The van der Waals surface area contributed by atoms with Crippen molar-refractivity contribution in [3.05, 3.63) is 29.6 Å². The van der Waals surface area contributed by atoms with Gasteiger partial charge in [0.15, 0.2) is 0 Å². The van der Waals surface area contributed by atoms with Crippen molar-refractivity contribution < 1.29 is 9.13 Å². The number of halogens is 1. The second-order valence-electron chi connectivity index (χ2n) is 5.15. The Labute approximate surface area is 114 Å². The minimum absolute atomic E-state index is 0.222. The van der Waals surface area contributed by atoms with Crippen LogP contribution in [0.15, 0.2) is 18.2 Å². The lowest BCUT2D eigenvalue weighted by atomic mass is 9.89. The van der Waals surface area contributed by atoms with Crippen LogP contribution in [0, 0.1) is 23.6 Å². The topological polar surface area (TPSA) is 35.2 Å². The molecule has 2 N–H and O–H groups in total. The maximum absolute atomic E-state index is 13.2. The molecule has 0 radical (unpaired) electrons. The SMILES string of the molecule is CC1CCC(Oc2ccc(F)cc2C#CCN)CC1. The quantitative estimate of drug-likeness (QED) is 0.830. The molecular weight excluding hydrogens is 241 g/mol. The van der Waals surface area contributed by atoms with Crippen LogP contribution in [-0.2, 0) is 0 Å². The van der Waals surface area contributed by atoms with Crippen LogP contribution in [0.2, 0.25) is 0 Å². The summed E-state index contributed by atoms with van der Waals surface area (Å²) in [5, 5.41) is 0. The first-order chi connectivity index (χ1) is 9.19. The molecule has 19 heavy (non-hydrogen) atoms. The molecule has 0 spiro atoms. The van der Waals surface area contributed by atoms with Crippen LogP contribution in [0.5, 0.6) is 5.75 Å². The van der Waals surface area contributed by atoms with E-state index in [4.69, 9.17) is 10.5 Å². The molecular formula is C16H20FNO. The molecule has 0 atom stereocenters. The summed E-state index contributed by atoms with van der Waals surface area (Å²) in [7, 11) is 0. The molecule has 0 unspecified atom stereocenters. The van der Waals surface area contributed by atoms with Gasteiger partial charge in [-0.05, 0) is 49.8 Å². The summed E-state index contributed by atoms with van der Waals surface area (Å²) in [6.45, 7) is 2.53. The van der Waals surface area contributed by atoms with Crippen LogP contribution >= 0.6 is 0 Å². The Morgan fingerprint density at radius 3 is 2.74 bits per heavy atom. The maximum atomic E-state index is 13.2. The Bertz CT molecular complexity index is 481. The summed E-state index contributed by atoms with van der Waals surface area (Å²) in [4.78, 5) is 0. The Hall–Kier alpha value is -1.53. The first-order valence-electron chi connectivity index (χ1n) is 6.84. The summed E-state index contributed by atoms with van der Waals surface area (Å²) in [5.74, 6) is 6.77. The Morgan fingerprint density at radius 2 is 2.05 bits per heavy atom. The highest BCUT2D eigenvalue weighted by atomic mass is 19.1. The van der Waals surface area contributed by atoms with Crippen LogP contribution in [0.1, 0.15) is 38.2 Å². The highest BCUT2D eigenvalue weighted by molar-refractivity contribution is 5.46. The fraction of sp³-hybridized carbons (Fsp3) is 0.500. The molecule has 1 aliphatic rings. The summed E-state index contributed by atoms with van der Waals surface area (Å²) in [6, 6.07) is 4.48. The van der Waals surface area contributed by atoms with Gasteiger partial charge < -0.3 is 10.5 Å². The lowest BCUT2D eigenvalue weighted by Gasteiger charge is -2.27. The van der Waals surface area contributed by atoms with Crippen LogP contribution in [-0.4, -0.2) is 12.6 Å². The smallest absolute Gasteiger partial charge is 0.135 e. The lowest BCUT2D eigenvalue weighted by molar-refractivity contribution is 0.135. The van der Waals surface area contributed by atoms with Gasteiger partial charge in [-0.3, -0.25) is 0 Å². The van der Waals surface area contributed by atoms with Crippen LogP contribution in [0.4, 0.5) is 4.39 Å². The molecule has 1 fully saturated rings. The highest BCUT2D eigenvalue weighted by Crippen LogP contribution is 2.28. The Balaban J connectivity index is 2.10. The number of benzene rings is 1. The van der Waals surface area contributed by atoms with E-state index in [2.05, 4.69) is 18.8 Å². The predicted octanol–water partition coefficient (Wildman–Crippen LogP) is 3.09. The second kappa shape index (κ2) is 6.58. The normalized spacial score (nSPS) is 22.5. The van der Waals surface area contributed by atoms with Gasteiger partial charge in [0.1, 0.15) is 11.6 Å². The molecule has 0 aromatic heterocycles. The predicted molar refractivity (Wildman–Crippen MR) is 74.4 cm³/mol. The van der Waals surface area contributed by atoms with Crippen molar-refractivity contribution in [2.75, 3.05) is 6.54 Å². The van der Waals surface area contributed by atoms with Crippen molar-refractivity contribution in [1.29, 1.82) is 0 Å². The van der Waals surface area contributed by atoms with E-state index in [1.54, 1.807) is 6.07 Å². The fourth-order valence-electron chi connectivity index (χ4n) is 2.38. The van der Waals surface area contributed by atoms with Crippen molar-refractivity contribution in [2.45, 2.75) is 38.7 Å². The molecule has 102 valence electrons. The standard InChI is InChI=1S/C16H20FNO/c1-12-4-7-15(8-5-12)19-16-9-6-14(17)11-13(16)3-2-10-18/h6,9,11-12,15H,4-5,7-8,10,18H2,1H3. The van der Waals surface area contributed by atoms with Crippen molar-refractivity contribution >= 4 is 0 Å². The van der Waals surface area contributed by atoms with Crippen LogP contribution in [0.3, 0.4) is 0 Å². The number of hydrogen-bond donors (Lipinski definition) is 1. The summed E-state index contributed by atoms with van der Waals surface area (Å²) < 4.78 is 19.2. The minimum atomic E-state index is -0.300. The fourth-order valence-corrected chi connectivity index (χ4v) is 2.38. The Morgan fingerprint density at radius 1 is 1.32 bits per heavy atom.